The molecular formula is C20H24N4O2S. The van der Waals surface area contributed by atoms with E-state index in [4.69, 9.17) is 0 Å². The average molecular weight is 385 g/mol. The summed E-state index contributed by atoms with van der Waals surface area (Å²) >= 11 is 1.76. The van der Waals surface area contributed by atoms with Gasteiger partial charge in [-0.1, -0.05) is 18.2 Å². The minimum absolute atomic E-state index is 0.204. The molecule has 3 heterocycles. The summed E-state index contributed by atoms with van der Waals surface area (Å²) in [7, 11) is 3.24. The van der Waals surface area contributed by atoms with Crippen LogP contribution in [0.3, 0.4) is 0 Å². The van der Waals surface area contributed by atoms with Gasteiger partial charge in [0.2, 0.25) is 0 Å². The highest BCUT2D eigenvalue weighted by molar-refractivity contribution is 7.17. The smallest absolute Gasteiger partial charge is 0.315 e. The maximum absolute atomic E-state index is 12.6. The molecule has 6 nitrogen and oxygen atoms in total. The fourth-order valence-electron chi connectivity index (χ4n) is 3.85. The molecule has 0 bridgehead atoms. The Morgan fingerprint density at radius 1 is 1.19 bits per heavy atom. The second-order valence-corrected chi connectivity index (χ2v) is 8.13. The zero-order chi connectivity index (χ0) is 19.0. The molecule has 0 saturated carbocycles. The Balaban J connectivity index is 1.68. The number of aryl methyl sites for hydroxylation is 1. The van der Waals surface area contributed by atoms with Gasteiger partial charge in [0.1, 0.15) is 0 Å². The van der Waals surface area contributed by atoms with Crippen LogP contribution in [0.2, 0.25) is 0 Å². The standard InChI is InChI=1S/C20H24N4O2S/c1-22-10-14(19(25)23(2)20(22)26)11-24(16-7-8-21-9-16)12-15-13-27-18-6-4-3-5-17(15)18/h3-6,10,13,16,21H,7-9,11-12H2,1-2H3/t16-/m0/s1. The third kappa shape index (κ3) is 3.50. The Morgan fingerprint density at radius 2 is 1.96 bits per heavy atom. The zero-order valence-electron chi connectivity index (χ0n) is 15.6. The van der Waals surface area contributed by atoms with Crippen LogP contribution >= 0.6 is 11.3 Å². The van der Waals surface area contributed by atoms with Crippen LogP contribution in [0, 0.1) is 0 Å². The molecule has 2 aromatic heterocycles. The average Bonchev–Trinajstić information content (AvgIpc) is 3.34. The second kappa shape index (κ2) is 7.42. The van der Waals surface area contributed by atoms with Gasteiger partial charge in [0.05, 0.1) is 0 Å². The van der Waals surface area contributed by atoms with Crippen molar-refractivity contribution < 1.29 is 0 Å². The topological polar surface area (TPSA) is 59.3 Å². The molecule has 142 valence electrons. The van der Waals surface area contributed by atoms with Crippen LogP contribution in [0.1, 0.15) is 17.5 Å². The van der Waals surface area contributed by atoms with Gasteiger partial charge in [0.15, 0.2) is 0 Å². The van der Waals surface area contributed by atoms with E-state index >= 15 is 0 Å². The van der Waals surface area contributed by atoms with Gasteiger partial charge in [-0.3, -0.25) is 14.3 Å². The van der Waals surface area contributed by atoms with Crippen LogP contribution in [-0.2, 0) is 27.2 Å². The van der Waals surface area contributed by atoms with E-state index in [1.807, 2.05) is 0 Å². The molecule has 0 radical (unpaired) electrons. The molecule has 0 unspecified atom stereocenters. The summed E-state index contributed by atoms with van der Waals surface area (Å²) in [6.45, 7) is 3.25. The molecule has 3 aromatic rings. The van der Waals surface area contributed by atoms with Gasteiger partial charge in [-0.05, 0) is 35.4 Å². The van der Waals surface area contributed by atoms with E-state index in [-0.39, 0.29) is 11.2 Å². The molecule has 1 aromatic carbocycles. The van der Waals surface area contributed by atoms with Crippen molar-refractivity contribution in [2.45, 2.75) is 25.6 Å². The lowest BCUT2D eigenvalue weighted by molar-refractivity contribution is 0.189. The van der Waals surface area contributed by atoms with Crippen molar-refractivity contribution in [1.82, 2.24) is 19.4 Å². The maximum Gasteiger partial charge on any atom is 0.330 e. The second-order valence-electron chi connectivity index (χ2n) is 7.22. The Labute approximate surface area is 161 Å². The largest absolute Gasteiger partial charge is 0.330 e. The Kier molecular flexibility index (Phi) is 4.99. The Morgan fingerprint density at radius 3 is 2.74 bits per heavy atom. The molecule has 0 amide bonds. The number of thiophene rings is 1. The predicted molar refractivity (Wildman–Crippen MR) is 109 cm³/mol. The molecule has 27 heavy (non-hydrogen) atoms. The molecule has 0 spiro atoms. The van der Waals surface area contributed by atoms with Gasteiger partial charge >= 0.3 is 5.69 Å². The fraction of sp³-hybridized carbons (Fsp3) is 0.400. The summed E-state index contributed by atoms with van der Waals surface area (Å²) in [5.74, 6) is 0. The highest BCUT2D eigenvalue weighted by Crippen LogP contribution is 2.28. The van der Waals surface area contributed by atoms with Gasteiger partial charge < -0.3 is 9.88 Å². The number of nitrogens with zero attached hydrogens (tertiary/aromatic N) is 3. The summed E-state index contributed by atoms with van der Waals surface area (Å²) in [6, 6.07) is 8.83. The monoisotopic (exact) mass is 384 g/mol. The lowest BCUT2D eigenvalue weighted by Gasteiger charge is -2.28. The SMILES string of the molecule is Cn1cc(CN(Cc2csc3ccccc23)[C@H]2CCNC2)c(=O)n(C)c1=O. The van der Waals surface area contributed by atoms with E-state index in [2.05, 4.69) is 39.9 Å². The number of hydrogen-bond acceptors (Lipinski definition) is 5. The summed E-state index contributed by atoms with van der Waals surface area (Å²) in [4.78, 5) is 27.0. The van der Waals surface area contributed by atoms with Crippen molar-refractivity contribution in [3.05, 3.63) is 67.8 Å². The molecular weight excluding hydrogens is 360 g/mol. The lowest BCUT2D eigenvalue weighted by atomic mass is 10.1. The van der Waals surface area contributed by atoms with E-state index < -0.39 is 0 Å². The Hall–Kier alpha value is -2.22. The van der Waals surface area contributed by atoms with Crippen LogP contribution in [0.5, 0.6) is 0 Å². The lowest BCUT2D eigenvalue weighted by Crippen LogP contribution is -2.42. The normalized spacial score (nSPS) is 17.2. The van der Waals surface area contributed by atoms with Gasteiger partial charge in [-0.15, -0.1) is 11.3 Å². The van der Waals surface area contributed by atoms with Crippen molar-refractivity contribution >= 4 is 21.4 Å². The number of benzene rings is 1. The van der Waals surface area contributed by atoms with Crippen LogP contribution < -0.4 is 16.6 Å². The van der Waals surface area contributed by atoms with Crippen LogP contribution in [-0.4, -0.2) is 33.2 Å². The molecule has 1 atom stereocenters. The first-order chi connectivity index (χ1) is 13.0. The Bertz CT molecular complexity index is 1080. The summed E-state index contributed by atoms with van der Waals surface area (Å²) in [6.07, 6.45) is 2.75. The maximum atomic E-state index is 12.6. The number of fused-ring (bicyclic) bond motifs is 1. The molecule has 1 aliphatic heterocycles. The summed E-state index contributed by atoms with van der Waals surface area (Å²) < 4.78 is 3.97. The number of hydrogen-bond donors (Lipinski definition) is 1. The summed E-state index contributed by atoms with van der Waals surface area (Å²) in [5, 5.41) is 6.93. The van der Waals surface area contributed by atoms with Gasteiger partial charge in [-0.25, -0.2) is 4.79 Å². The molecule has 0 aliphatic carbocycles. The van der Waals surface area contributed by atoms with Crippen LogP contribution in [0.25, 0.3) is 10.1 Å². The van der Waals surface area contributed by atoms with Crippen molar-refractivity contribution in [1.29, 1.82) is 0 Å². The van der Waals surface area contributed by atoms with Gasteiger partial charge in [-0.2, -0.15) is 0 Å². The molecule has 1 aliphatic rings. The van der Waals surface area contributed by atoms with E-state index in [0.29, 0.717) is 18.2 Å². The van der Waals surface area contributed by atoms with Crippen molar-refractivity contribution in [2.24, 2.45) is 14.1 Å². The van der Waals surface area contributed by atoms with Crippen molar-refractivity contribution in [3.8, 4) is 0 Å². The van der Waals surface area contributed by atoms with E-state index in [1.54, 1.807) is 31.6 Å². The molecule has 1 saturated heterocycles. The number of nitrogens with one attached hydrogen (secondary N) is 1. The first kappa shape index (κ1) is 18.2. The number of aromatic nitrogens is 2. The molecule has 7 heteroatoms. The van der Waals surface area contributed by atoms with Gasteiger partial charge in [0.25, 0.3) is 5.56 Å². The minimum atomic E-state index is -0.290. The van der Waals surface area contributed by atoms with Crippen LogP contribution in [0.15, 0.2) is 45.4 Å². The first-order valence-electron chi connectivity index (χ1n) is 9.20. The van der Waals surface area contributed by atoms with Crippen LogP contribution in [0.4, 0.5) is 0 Å². The van der Waals surface area contributed by atoms with Gasteiger partial charge in [0, 0.05) is 56.2 Å². The minimum Gasteiger partial charge on any atom is -0.315 e. The van der Waals surface area contributed by atoms with E-state index in [0.717, 1.165) is 26.1 Å². The van der Waals surface area contributed by atoms with Crippen molar-refractivity contribution in [2.75, 3.05) is 13.1 Å². The summed E-state index contributed by atoms with van der Waals surface area (Å²) in [5.41, 5.74) is 1.46. The van der Waals surface area contributed by atoms with Crippen molar-refractivity contribution in [3.63, 3.8) is 0 Å². The molecule has 4 rings (SSSR count). The molecule has 1 fully saturated rings. The fourth-order valence-corrected chi connectivity index (χ4v) is 4.80. The molecule has 1 N–H and O–H groups in total. The third-order valence-corrected chi connectivity index (χ3v) is 6.39. The zero-order valence-corrected chi connectivity index (χ0v) is 16.5. The first-order valence-corrected chi connectivity index (χ1v) is 10.1. The predicted octanol–water partition coefficient (Wildman–Crippen LogP) is 1.66. The van der Waals surface area contributed by atoms with E-state index in [9.17, 15) is 9.59 Å². The quantitative estimate of drug-likeness (QED) is 0.727. The highest BCUT2D eigenvalue weighted by Gasteiger charge is 2.24. The number of rotatable bonds is 5. The highest BCUT2D eigenvalue weighted by atomic mass is 32.1. The van der Waals surface area contributed by atoms with E-state index in [1.165, 1.54) is 24.8 Å². The third-order valence-electron chi connectivity index (χ3n) is 5.38.